The molecule has 1 fully saturated rings. The van der Waals surface area contributed by atoms with Gasteiger partial charge in [0.15, 0.2) is 0 Å². The molecule has 15 heavy (non-hydrogen) atoms. The topological polar surface area (TPSA) is 98.8 Å². The van der Waals surface area contributed by atoms with Crippen molar-refractivity contribution in [1.29, 1.82) is 0 Å². The monoisotopic (exact) mass is 211 g/mol. The lowest BCUT2D eigenvalue weighted by molar-refractivity contribution is -0.148. The third-order valence-electron chi connectivity index (χ3n) is 3.07. The molecule has 0 atom stereocenters. The lowest BCUT2D eigenvalue weighted by atomic mass is 9.82. The summed E-state index contributed by atoms with van der Waals surface area (Å²) in [5.74, 6) is -0.354. The average molecular weight is 211 g/mol. The molecule has 0 aliphatic heterocycles. The van der Waals surface area contributed by atoms with Crippen LogP contribution in [0.2, 0.25) is 0 Å². The fraction of sp³-hybridized carbons (Fsp3) is 0.667. The Morgan fingerprint density at radius 1 is 1.47 bits per heavy atom. The van der Waals surface area contributed by atoms with Gasteiger partial charge in [-0.2, -0.15) is 5.10 Å². The maximum absolute atomic E-state index is 11.2. The second kappa shape index (κ2) is 3.52. The number of hydrogen-bond donors (Lipinski definition) is 3. The number of carbonyl (C=O) groups is 1. The highest BCUT2D eigenvalue weighted by Crippen LogP contribution is 2.40. The summed E-state index contributed by atoms with van der Waals surface area (Å²) in [7, 11) is 0. The van der Waals surface area contributed by atoms with Gasteiger partial charge < -0.3 is 5.11 Å². The van der Waals surface area contributed by atoms with Gasteiger partial charge in [-0.1, -0.05) is 12.8 Å². The summed E-state index contributed by atoms with van der Waals surface area (Å²) < 4.78 is 0. The average Bonchev–Trinajstić information content (AvgIpc) is 2.77. The molecule has 3 N–H and O–H groups in total. The Morgan fingerprint density at radius 2 is 2.13 bits per heavy atom. The lowest BCUT2D eigenvalue weighted by Gasteiger charge is -2.21. The van der Waals surface area contributed by atoms with Crippen LogP contribution in [0.1, 0.15) is 31.5 Å². The van der Waals surface area contributed by atoms with E-state index in [0.717, 1.165) is 12.8 Å². The fourth-order valence-corrected chi connectivity index (χ4v) is 2.23. The van der Waals surface area contributed by atoms with Crippen molar-refractivity contribution in [3.8, 4) is 0 Å². The Hall–Kier alpha value is -1.59. The molecule has 2 rings (SSSR count). The molecule has 0 aromatic carbocycles. The van der Waals surface area contributed by atoms with Crippen LogP contribution in [0.3, 0.4) is 0 Å². The SMILES string of the molecule is O=C(O)C1(Cc2n[nH]c(=O)[nH]2)CCCC1. The van der Waals surface area contributed by atoms with Crippen LogP contribution >= 0.6 is 0 Å². The number of nitrogens with one attached hydrogen (secondary N) is 2. The van der Waals surface area contributed by atoms with Gasteiger partial charge in [0.2, 0.25) is 0 Å². The molecule has 1 aliphatic rings. The van der Waals surface area contributed by atoms with E-state index in [9.17, 15) is 14.7 Å². The minimum absolute atomic E-state index is 0.307. The Bertz CT molecular complexity index is 414. The molecule has 0 saturated heterocycles. The zero-order chi connectivity index (χ0) is 10.9. The first kappa shape index (κ1) is 9.95. The predicted octanol–water partition coefficient (Wildman–Crippen LogP) is 0.285. The molecule has 1 aliphatic carbocycles. The van der Waals surface area contributed by atoms with Crippen molar-refractivity contribution >= 4 is 5.97 Å². The molecule has 82 valence electrons. The summed E-state index contributed by atoms with van der Waals surface area (Å²) in [5, 5.41) is 15.2. The van der Waals surface area contributed by atoms with E-state index in [1.165, 1.54) is 0 Å². The molecule has 6 nitrogen and oxygen atoms in total. The second-order valence-electron chi connectivity index (χ2n) is 4.09. The van der Waals surface area contributed by atoms with Crippen LogP contribution in [0.4, 0.5) is 0 Å². The third kappa shape index (κ3) is 1.79. The van der Waals surface area contributed by atoms with E-state index in [4.69, 9.17) is 0 Å². The summed E-state index contributed by atoms with van der Waals surface area (Å²) >= 11 is 0. The van der Waals surface area contributed by atoms with Gasteiger partial charge in [-0.25, -0.2) is 9.89 Å². The minimum atomic E-state index is -0.788. The summed E-state index contributed by atoms with van der Waals surface area (Å²) in [6.45, 7) is 0. The number of carboxylic acids is 1. The lowest BCUT2D eigenvalue weighted by Crippen LogP contribution is -2.30. The molecule has 1 aromatic rings. The molecule has 0 bridgehead atoms. The zero-order valence-corrected chi connectivity index (χ0v) is 8.25. The molecule has 1 saturated carbocycles. The van der Waals surface area contributed by atoms with Gasteiger partial charge in [0.05, 0.1) is 5.41 Å². The Kier molecular flexibility index (Phi) is 2.34. The molecule has 0 unspecified atom stereocenters. The first-order chi connectivity index (χ1) is 7.12. The largest absolute Gasteiger partial charge is 0.481 e. The van der Waals surface area contributed by atoms with Crippen molar-refractivity contribution in [2.24, 2.45) is 5.41 Å². The van der Waals surface area contributed by atoms with Gasteiger partial charge in [-0.05, 0) is 12.8 Å². The van der Waals surface area contributed by atoms with Crippen LogP contribution in [-0.4, -0.2) is 26.3 Å². The molecular formula is C9H13N3O3. The normalized spacial score (nSPS) is 19.2. The van der Waals surface area contributed by atoms with Gasteiger partial charge in [0.25, 0.3) is 0 Å². The van der Waals surface area contributed by atoms with E-state index in [1.807, 2.05) is 0 Å². The molecule has 0 spiro atoms. The Labute approximate surface area is 85.7 Å². The fourth-order valence-electron chi connectivity index (χ4n) is 2.23. The van der Waals surface area contributed by atoms with Gasteiger partial charge in [0.1, 0.15) is 5.82 Å². The third-order valence-corrected chi connectivity index (χ3v) is 3.07. The van der Waals surface area contributed by atoms with Crippen molar-refractivity contribution in [2.75, 3.05) is 0 Å². The smallest absolute Gasteiger partial charge is 0.340 e. The van der Waals surface area contributed by atoms with Crippen molar-refractivity contribution in [3.63, 3.8) is 0 Å². The summed E-state index contributed by atoms with van der Waals surface area (Å²) in [6, 6.07) is 0. The molecule has 6 heteroatoms. The number of aliphatic carboxylic acids is 1. The highest BCUT2D eigenvalue weighted by molar-refractivity contribution is 5.75. The quantitative estimate of drug-likeness (QED) is 0.668. The van der Waals surface area contributed by atoms with Crippen LogP contribution in [0.25, 0.3) is 0 Å². The second-order valence-corrected chi connectivity index (χ2v) is 4.09. The van der Waals surface area contributed by atoms with E-state index in [-0.39, 0.29) is 5.69 Å². The minimum Gasteiger partial charge on any atom is -0.481 e. The summed E-state index contributed by atoms with van der Waals surface area (Å²) in [4.78, 5) is 24.5. The van der Waals surface area contributed by atoms with Gasteiger partial charge in [0, 0.05) is 6.42 Å². The van der Waals surface area contributed by atoms with Crippen molar-refractivity contribution in [1.82, 2.24) is 15.2 Å². The van der Waals surface area contributed by atoms with Crippen LogP contribution in [0.5, 0.6) is 0 Å². The first-order valence-electron chi connectivity index (χ1n) is 4.99. The maximum atomic E-state index is 11.2. The Morgan fingerprint density at radius 3 is 2.60 bits per heavy atom. The highest BCUT2D eigenvalue weighted by Gasteiger charge is 2.42. The van der Waals surface area contributed by atoms with Gasteiger partial charge in [-0.15, -0.1) is 0 Å². The predicted molar refractivity (Wildman–Crippen MR) is 51.4 cm³/mol. The number of carboxylic acid groups (broad SMARTS) is 1. The van der Waals surface area contributed by atoms with E-state index in [1.54, 1.807) is 0 Å². The van der Waals surface area contributed by atoms with E-state index in [0.29, 0.717) is 25.1 Å². The summed E-state index contributed by atoms with van der Waals surface area (Å²) in [5.41, 5.74) is -1.11. The Balaban J connectivity index is 2.20. The van der Waals surface area contributed by atoms with Crippen LogP contribution in [-0.2, 0) is 11.2 Å². The zero-order valence-electron chi connectivity index (χ0n) is 8.25. The standard InChI is InChI=1S/C9H13N3O3/c13-7(14)9(3-1-2-4-9)5-6-10-8(15)12-11-6/h1-5H2,(H,13,14)(H2,10,11,12,15). The number of H-pyrrole nitrogens is 2. The van der Waals surface area contributed by atoms with E-state index < -0.39 is 11.4 Å². The van der Waals surface area contributed by atoms with Crippen molar-refractivity contribution < 1.29 is 9.90 Å². The van der Waals surface area contributed by atoms with E-state index in [2.05, 4.69) is 15.2 Å². The number of rotatable bonds is 3. The molecule has 1 aromatic heterocycles. The number of nitrogens with zero attached hydrogens (tertiary/aromatic N) is 1. The van der Waals surface area contributed by atoms with Crippen molar-refractivity contribution in [3.05, 3.63) is 16.3 Å². The van der Waals surface area contributed by atoms with Crippen LogP contribution in [0, 0.1) is 5.41 Å². The molecule has 0 amide bonds. The van der Waals surface area contributed by atoms with Crippen LogP contribution in [0.15, 0.2) is 4.79 Å². The molecule has 0 radical (unpaired) electrons. The van der Waals surface area contributed by atoms with Gasteiger partial charge >= 0.3 is 11.7 Å². The number of aromatic nitrogens is 3. The molecule has 1 heterocycles. The van der Waals surface area contributed by atoms with Gasteiger partial charge in [-0.3, -0.25) is 9.78 Å². The van der Waals surface area contributed by atoms with Crippen LogP contribution < -0.4 is 5.69 Å². The number of aromatic amines is 2. The summed E-state index contributed by atoms with van der Waals surface area (Å²) in [6.07, 6.45) is 3.50. The molecular weight excluding hydrogens is 198 g/mol. The number of hydrogen-bond acceptors (Lipinski definition) is 3. The van der Waals surface area contributed by atoms with E-state index >= 15 is 0 Å². The first-order valence-corrected chi connectivity index (χ1v) is 4.99. The van der Waals surface area contributed by atoms with Crippen molar-refractivity contribution in [2.45, 2.75) is 32.1 Å². The maximum Gasteiger partial charge on any atom is 0.340 e. The highest BCUT2D eigenvalue weighted by atomic mass is 16.4.